The van der Waals surface area contributed by atoms with Crippen LogP contribution in [0.5, 0.6) is 0 Å². The van der Waals surface area contributed by atoms with Gasteiger partial charge < -0.3 is 14.7 Å². The Kier molecular flexibility index (Phi) is 2.47. The summed E-state index contributed by atoms with van der Waals surface area (Å²) in [6, 6.07) is 5.53. The fraction of sp³-hybridized carbons (Fsp3) is 0.400. The third-order valence-electron chi connectivity index (χ3n) is 4.54. The predicted molar refractivity (Wildman–Crippen MR) is 71.0 cm³/mol. The van der Waals surface area contributed by atoms with Crippen molar-refractivity contribution in [3.8, 4) is 0 Å². The van der Waals surface area contributed by atoms with E-state index in [0.717, 1.165) is 5.69 Å². The molecule has 1 spiro atoms. The van der Waals surface area contributed by atoms with E-state index in [0.29, 0.717) is 13.1 Å². The van der Waals surface area contributed by atoms with Crippen molar-refractivity contribution in [3.05, 3.63) is 42.2 Å². The summed E-state index contributed by atoms with van der Waals surface area (Å²) in [5, 5.41) is 9.38. The van der Waals surface area contributed by atoms with Gasteiger partial charge in [0.2, 0.25) is 5.91 Å². The Morgan fingerprint density at radius 1 is 1.52 bits per heavy atom. The summed E-state index contributed by atoms with van der Waals surface area (Å²) < 4.78 is 5.82. The Morgan fingerprint density at radius 3 is 3.10 bits per heavy atom. The number of nitrogens with zero attached hydrogens (tertiary/aromatic N) is 2. The number of fused-ring (bicyclic) bond motifs is 1. The van der Waals surface area contributed by atoms with Crippen molar-refractivity contribution in [2.24, 2.45) is 11.8 Å². The zero-order valence-corrected chi connectivity index (χ0v) is 11.2. The number of aromatic nitrogens is 1. The van der Waals surface area contributed by atoms with E-state index in [2.05, 4.69) is 4.98 Å². The van der Waals surface area contributed by atoms with Gasteiger partial charge in [0.05, 0.1) is 30.8 Å². The summed E-state index contributed by atoms with van der Waals surface area (Å²) in [5.74, 6) is -2.52. The first-order chi connectivity index (χ1) is 10.1. The summed E-state index contributed by atoms with van der Waals surface area (Å²) >= 11 is 0. The smallest absolute Gasteiger partial charge is 0.310 e. The number of rotatable bonds is 3. The molecule has 3 aliphatic rings. The number of likely N-dealkylation sites (tertiary alicyclic amines) is 1. The lowest BCUT2D eigenvalue weighted by Gasteiger charge is -2.21. The normalized spacial score (nSPS) is 36.3. The van der Waals surface area contributed by atoms with Crippen molar-refractivity contribution in [2.45, 2.75) is 18.2 Å². The topological polar surface area (TPSA) is 79.7 Å². The molecule has 108 valence electrons. The molecule has 1 aromatic heterocycles. The number of carboxylic acids is 1. The highest BCUT2D eigenvalue weighted by atomic mass is 16.5. The van der Waals surface area contributed by atoms with Gasteiger partial charge >= 0.3 is 5.97 Å². The maximum atomic E-state index is 12.6. The van der Waals surface area contributed by atoms with Gasteiger partial charge in [0.1, 0.15) is 11.5 Å². The Hall–Kier alpha value is -2.21. The Balaban J connectivity index is 1.63. The van der Waals surface area contributed by atoms with Crippen molar-refractivity contribution in [1.82, 2.24) is 9.88 Å². The summed E-state index contributed by atoms with van der Waals surface area (Å²) in [7, 11) is 0. The molecule has 1 aromatic rings. The molecule has 4 rings (SSSR count). The highest BCUT2D eigenvalue weighted by Crippen LogP contribution is 2.51. The van der Waals surface area contributed by atoms with Crippen LogP contribution in [-0.4, -0.2) is 45.1 Å². The molecule has 2 fully saturated rings. The lowest BCUT2D eigenvalue weighted by Crippen LogP contribution is -2.39. The molecule has 2 saturated heterocycles. The van der Waals surface area contributed by atoms with E-state index in [9.17, 15) is 14.7 Å². The number of hydrogen-bond acceptors (Lipinski definition) is 4. The third-order valence-corrected chi connectivity index (χ3v) is 4.54. The second-order valence-corrected chi connectivity index (χ2v) is 5.75. The van der Waals surface area contributed by atoms with E-state index in [1.807, 2.05) is 24.3 Å². The van der Waals surface area contributed by atoms with Crippen molar-refractivity contribution >= 4 is 11.9 Å². The first kappa shape index (κ1) is 12.5. The lowest BCUT2D eigenvalue weighted by molar-refractivity contribution is -0.148. The highest BCUT2D eigenvalue weighted by Gasteiger charge is 2.66. The standard InChI is InChI=1S/C15H14N2O4/c18-13-12-11(14(19)20)10-4-5-15(12,21-10)8-17(13)7-9-3-1-2-6-16-9/h1-6,10-12H,7-8H2,(H,19,20)/t10-,11+,12-,15+/m0/s1. The van der Waals surface area contributed by atoms with Gasteiger partial charge in [0.15, 0.2) is 0 Å². The number of carbonyl (C=O) groups is 2. The fourth-order valence-electron chi connectivity index (χ4n) is 3.68. The first-order valence-corrected chi connectivity index (χ1v) is 6.89. The van der Waals surface area contributed by atoms with Crippen LogP contribution in [0, 0.1) is 11.8 Å². The molecule has 0 unspecified atom stereocenters. The van der Waals surface area contributed by atoms with Gasteiger partial charge in [0, 0.05) is 6.20 Å². The van der Waals surface area contributed by atoms with Gasteiger partial charge in [-0.2, -0.15) is 0 Å². The van der Waals surface area contributed by atoms with E-state index in [1.165, 1.54) is 0 Å². The van der Waals surface area contributed by atoms with Crippen LogP contribution in [0.15, 0.2) is 36.5 Å². The molecule has 4 heterocycles. The molecule has 1 amide bonds. The van der Waals surface area contributed by atoms with Gasteiger partial charge in [-0.05, 0) is 12.1 Å². The van der Waals surface area contributed by atoms with E-state index >= 15 is 0 Å². The molecule has 6 heteroatoms. The lowest BCUT2D eigenvalue weighted by atomic mass is 9.77. The number of amides is 1. The minimum absolute atomic E-state index is 0.153. The summed E-state index contributed by atoms with van der Waals surface area (Å²) in [6.45, 7) is 0.774. The van der Waals surface area contributed by atoms with Crippen LogP contribution in [0.3, 0.4) is 0 Å². The van der Waals surface area contributed by atoms with Gasteiger partial charge in [-0.3, -0.25) is 14.6 Å². The van der Waals surface area contributed by atoms with Crippen molar-refractivity contribution < 1.29 is 19.4 Å². The van der Waals surface area contributed by atoms with Gasteiger partial charge in [-0.25, -0.2) is 0 Å². The predicted octanol–water partition coefficient (Wildman–Crippen LogP) is 0.448. The zero-order chi connectivity index (χ0) is 14.6. The van der Waals surface area contributed by atoms with Crippen LogP contribution in [0.25, 0.3) is 0 Å². The number of aliphatic carboxylic acids is 1. The number of ether oxygens (including phenoxy) is 1. The quantitative estimate of drug-likeness (QED) is 0.816. The van der Waals surface area contributed by atoms with Crippen LogP contribution < -0.4 is 0 Å². The van der Waals surface area contributed by atoms with Crippen molar-refractivity contribution in [3.63, 3.8) is 0 Å². The minimum atomic E-state index is -0.968. The second kappa shape index (κ2) is 4.14. The summed E-state index contributed by atoms with van der Waals surface area (Å²) in [5.41, 5.74) is 0.0205. The third kappa shape index (κ3) is 1.65. The minimum Gasteiger partial charge on any atom is -0.481 e. The average Bonchev–Trinajstić information content (AvgIpc) is 3.09. The average molecular weight is 286 g/mol. The van der Waals surface area contributed by atoms with E-state index < -0.39 is 29.5 Å². The SMILES string of the molecule is O=C(O)[C@@H]1[C@@H]2C=C[C@]3(CN(Cc4ccccn4)C(=O)[C@H]13)O2. The number of hydrogen-bond donors (Lipinski definition) is 1. The molecule has 0 aliphatic carbocycles. The highest BCUT2D eigenvalue weighted by molar-refractivity contribution is 5.90. The zero-order valence-electron chi connectivity index (χ0n) is 11.2. The summed E-state index contributed by atoms with van der Waals surface area (Å²) in [4.78, 5) is 29.9. The molecular formula is C15H14N2O4. The first-order valence-electron chi connectivity index (χ1n) is 6.89. The van der Waals surface area contributed by atoms with Gasteiger partial charge in [-0.15, -0.1) is 0 Å². The molecule has 3 aliphatic heterocycles. The molecule has 0 saturated carbocycles. The van der Waals surface area contributed by atoms with Crippen LogP contribution in [-0.2, 0) is 20.9 Å². The van der Waals surface area contributed by atoms with Crippen LogP contribution in [0.2, 0.25) is 0 Å². The fourth-order valence-corrected chi connectivity index (χ4v) is 3.68. The molecule has 2 bridgehead atoms. The number of pyridine rings is 1. The molecule has 6 nitrogen and oxygen atoms in total. The maximum absolute atomic E-state index is 12.6. The van der Waals surface area contributed by atoms with Crippen LogP contribution in [0.4, 0.5) is 0 Å². The van der Waals surface area contributed by atoms with E-state index in [1.54, 1.807) is 17.2 Å². The van der Waals surface area contributed by atoms with Crippen LogP contribution >= 0.6 is 0 Å². The molecule has 0 aromatic carbocycles. The monoisotopic (exact) mass is 286 g/mol. The molecule has 0 radical (unpaired) electrons. The van der Waals surface area contributed by atoms with Crippen molar-refractivity contribution in [2.75, 3.05) is 6.54 Å². The summed E-state index contributed by atoms with van der Waals surface area (Å²) in [6.07, 6.45) is 4.83. The molecule has 21 heavy (non-hydrogen) atoms. The Bertz CT molecular complexity index is 644. The van der Waals surface area contributed by atoms with E-state index in [4.69, 9.17) is 4.74 Å². The Morgan fingerprint density at radius 2 is 2.38 bits per heavy atom. The van der Waals surface area contributed by atoms with Crippen LogP contribution in [0.1, 0.15) is 5.69 Å². The molecule has 1 N–H and O–H groups in total. The van der Waals surface area contributed by atoms with Gasteiger partial charge in [-0.1, -0.05) is 18.2 Å². The van der Waals surface area contributed by atoms with E-state index in [-0.39, 0.29) is 5.91 Å². The molecular weight excluding hydrogens is 272 g/mol. The maximum Gasteiger partial charge on any atom is 0.310 e. The number of carbonyl (C=O) groups excluding carboxylic acids is 1. The largest absolute Gasteiger partial charge is 0.481 e. The van der Waals surface area contributed by atoms with Gasteiger partial charge in [0.25, 0.3) is 0 Å². The van der Waals surface area contributed by atoms with Crippen molar-refractivity contribution in [1.29, 1.82) is 0 Å². The molecule has 4 atom stereocenters. The Labute approximate surface area is 121 Å². The number of carboxylic acid groups (broad SMARTS) is 1. The second-order valence-electron chi connectivity index (χ2n) is 5.75.